The summed E-state index contributed by atoms with van der Waals surface area (Å²) in [6, 6.07) is 6.17. The lowest BCUT2D eigenvalue weighted by atomic mass is 10.2. The van der Waals surface area contributed by atoms with Gasteiger partial charge in [0.2, 0.25) is 5.88 Å². The molecule has 2 rings (SSSR count). The van der Waals surface area contributed by atoms with Gasteiger partial charge in [0.1, 0.15) is 0 Å². The molecule has 5 nitrogen and oxygen atoms in total. The average Bonchev–Trinajstić information content (AvgIpc) is 2.48. The van der Waals surface area contributed by atoms with Crippen LogP contribution in [-0.2, 0) is 6.54 Å². The smallest absolute Gasteiger partial charge is 0.238 e. The molecule has 0 aliphatic carbocycles. The third-order valence-electron chi connectivity index (χ3n) is 2.91. The molecule has 0 spiro atoms. The Morgan fingerprint density at radius 1 is 1.14 bits per heavy atom. The SMILES string of the molecule is COc1cc(C)ccc1Oc1cnc(CNC(C)C)cn1. The fourth-order valence-electron chi connectivity index (χ4n) is 1.77. The molecule has 112 valence electrons. The molecule has 5 heteroatoms. The summed E-state index contributed by atoms with van der Waals surface area (Å²) in [5.74, 6) is 1.76. The van der Waals surface area contributed by atoms with E-state index in [0.29, 0.717) is 30.0 Å². The Kier molecular flexibility index (Phi) is 5.11. The highest BCUT2D eigenvalue weighted by Gasteiger charge is 2.07. The van der Waals surface area contributed by atoms with Crippen LogP contribution >= 0.6 is 0 Å². The molecule has 0 atom stereocenters. The van der Waals surface area contributed by atoms with Crippen molar-refractivity contribution < 1.29 is 9.47 Å². The second-order valence-electron chi connectivity index (χ2n) is 5.14. The van der Waals surface area contributed by atoms with E-state index in [4.69, 9.17) is 9.47 Å². The first-order valence-corrected chi connectivity index (χ1v) is 6.95. The quantitative estimate of drug-likeness (QED) is 0.884. The van der Waals surface area contributed by atoms with E-state index in [0.717, 1.165) is 11.3 Å². The minimum absolute atomic E-state index is 0.416. The Labute approximate surface area is 125 Å². The number of hydrogen-bond acceptors (Lipinski definition) is 5. The van der Waals surface area contributed by atoms with Crippen LogP contribution in [0.1, 0.15) is 25.1 Å². The maximum atomic E-state index is 5.72. The monoisotopic (exact) mass is 287 g/mol. The van der Waals surface area contributed by atoms with Crippen LogP contribution in [0.25, 0.3) is 0 Å². The van der Waals surface area contributed by atoms with Crippen molar-refractivity contribution in [1.29, 1.82) is 0 Å². The molecule has 2 aromatic rings. The molecule has 0 radical (unpaired) electrons. The van der Waals surface area contributed by atoms with Crippen LogP contribution in [0, 0.1) is 6.92 Å². The molecule has 1 aromatic carbocycles. The fourth-order valence-corrected chi connectivity index (χ4v) is 1.77. The molecule has 0 saturated carbocycles. The summed E-state index contributed by atoms with van der Waals surface area (Å²) < 4.78 is 11.0. The zero-order valence-corrected chi connectivity index (χ0v) is 12.9. The fraction of sp³-hybridized carbons (Fsp3) is 0.375. The normalized spacial score (nSPS) is 10.7. The van der Waals surface area contributed by atoms with Gasteiger partial charge in [0, 0.05) is 12.6 Å². The molecule has 1 N–H and O–H groups in total. The van der Waals surface area contributed by atoms with Gasteiger partial charge in [0.15, 0.2) is 11.5 Å². The first-order valence-electron chi connectivity index (χ1n) is 6.95. The van der Waals surface area contributed by atoms with Gasteiger partial charge in [0.25, 0.3) is 0 Å². The van der Waals surface area contributed by atoms with Crippen LogP contribution in [0.4, 0.5) is 0 Å². The highest BCUT2D eigenvalue weighted by atomic mass is 16.5. The van der Waals surface area contributed by atoms with Crippen LogP contribution in [-0.4, -0.2) is 23.1 Å². The maximum Gasteiger partial charge on any atom is 0.238 e. The highest BCUT2D eigenvalue weighted by molar-refractivity contribution is 5.44. The molecule has 0 saturated heterocycles. The third kappa shape index (κ3) is 4.43. The summed E-state index contributed by atoms with van der Waals surface area (Å²) in [5, 5.41) is 3.29. The van der Waals surface area contributed by atoms with Crippen molar-refractivity contribution in [3.05, 3.63) is 41.9 Å². The van der Waals surface area contributed by atoms with Crippen molar-refractivity contribution in [2.45, 2.75) is 33.4 Å². The number of methoxy groups -OCH3 is 1. The molecule has 0 aliphatic heterocycles. The number of rotatable bonds is 6. The highest BCUT2D eigenvalue weighted by Crippen LogP contribution is 2.31. The Morgan fingerprint density at radius 2 is 1.95 bits per heavy atom. The van der Waals surface area contributed by atoms with Crippen molar-refractivity contribution in [3.63, 3.8) is 0 Å². The zero-order valence-electron chi connectivity index (χ0n) is 12.9. The second-order valence-corrected chi connectivity index (χ2v) is 5.14. The van der Waals surface area contributed by atoms with E-state index in [-0.39, 0.29) is 0 Å². The van der Waals surface area contributed by atoms with E-state index in [1.54, 1.807) is 19.5 Å². The molecular formula is C16H21N3O2. The topological polar surface area (TPSA) is 56.3 Å². The van der Waals surface area contributed by atoms with Gasteiger partial charge < -0.3 is 14.8 Å². The Morgan fingerprint density at radius 3 is 2.57 bits per heavy atom. The van der Waals surface area contributed by atoms with Crippen LogP contribution < -0.4 is 14.8 Å². The first kappa shape index (κ1) is 15.3. The van der Waals surface area contributed by atoms with Gasteiger partial charge in [-0.15, -0.1) is 0 Å². The van der Waals surface area contributed by atoms with Gasteiger partial charge in [-0.1, -0.05) is 19.9 Å². The number of nitrogens with one attached hydrogen (secondary N) is 1. The predicted octanol–water partition coefficient (Wildman–Crippen LogP) is 3.08. The number of aryl methyl sites for hydroxylation is 1. The lowest BCUT2D eigenvalue weighted by Crippen LogP contribution is -2.22. The van der Waals surface area contributed by atoms with Crippen molar-refractivity contribution in [2.24, 2.45) is 0 Å². The van der Waals surface area contributed by atoms with Crippen LogP contribution in [0.3, 0.4) is 0 Å². The summed E-state index contributed by atoms with van der Waals surface area (Å²) in [4.78, 5) is 8.60. The van der Waals surface area contributed by atoms with Gasteiger partial charge in [-0.2, -0.15) is 0 Å². The number of hydrogen-bond donors (Lipinski definition) is 1. The zero-order chi connectivity index (χ0) is 15.2. The van der Waals surface area contributed by atoms with E-state index in [1.165, 1.54) is 0 Å². The molecule has 21 heavy (non-hydrogen) atoms. The largest absolute Gasteiger partial charge is 0.493 e. The molecule has 1 heterocycles. The lowest BCUT2D eigenvalue weighted by Gasteiger charge is -2.11. The third-order valence-corrected chi connectivity index (χ3v) is 2.91. The van der Waals surface area contributed by atoms with E-state index >= 15 is 0 Å². The van der Waals surface area contributed by atoms with Gasteiger partial charge in [-0.25, -0.2) is 4.98 Å². The molecule has 1 aromatic heterocycles. The summed E-state index contributed by atoms with van der Waals surface area (Å²) in [5.41, 5.74) is 1.99. The van der Waals surface area contributed by atoms with Gasteiger partial charge in [-0.05, 0) is 24.6 Å². The van der Waals surface area contributed by atoms with Gasteiger partial charge in [-0.3, -0.25) is 4.98 Å². The predicted molar refractivity (Wildman–Crippen MR) is 81.8 cm³/mol. The summed E-state index contributed by atoms with van der Waals surface area (Å²) in [6.07, 6.45) is 3.34. The van der Waals surface area contributed by atoms with E-state index in [9.17, 15) is 0 Å². The Bertz CT molecular complexity index is 583. The summed E-state index contributed by atoms with van der Waals surface area (Å²) >= 11 is 0. The summed E-state index contributed by atoms with van der Waals surface area (Å²) in [6.45, 7) is 6.88. The summed E-state index contributed by atoms with van der Waals surface area (Å²) in [7, 11) is 1.62. The average molecular weight is 287 g/mol. The molecule has 0 bridgehead atoms. The number of aromatic nitrogens is 2. The first-order chi connectivity index (χ1) is 10.1. The second kappa shape index (κ2) is 7.04. The molecule has 0 unspecified atom stereocenters. The van der Waals surface area contributed by atoms with Crippen LogP contribution in [0.2, 0.25) is 0 Å². The molecular weight excluding hydrogens is 266 g/mol. The van der Waals surface area contributed by atoms with Crippen molar-refractivity contribution in [1.82, 2.24) is 15.3 Å². The molecule has 0 amide bonds. The minimum Gasteiger partial charge on any atom is -0.493 e. The van der Waals surface area contributed by atoms with Crippen LogP contribution in [0.5, 0.6) is 17.4 Å². The maximum absolute atomic E-state index is 5.72. The van der Waals surface area contributed by atoms with E-state index in [1.807, 2.05) is 25.1 Å². The molecule has 0 aliphatic rings. The number of benzene rings is 1. The number of nitrogens with zero attached hydrogens (tertiary/aromatic N) is 2. The van der Waals surface area contributed by atoms with Crippen molar-refractivity contribution >= 4 is 0 Å². The minimum atomic E-state index is 0.416. The van der Waals surface area contributed by atoms with E-state index < -0.39 is 0 Å². The van der Waals surface area contributed by atoms with Crippen molar-refractivity contribution in [2.75, 3.05) is 7.11 Å². The molecule has 0 fully saturated rings. The van der Waals surface area contributed by atoms with Crippen molar-refractivity contribution in [3.8, 4) is 17.4 Å². The number of ether oxygens (including phenoxy) is 2. The van der Waals surface area contributed by atoms with E-state index in [2.05, 4.69) is 29.1 Å². The van der Waals surface area contributed by atoms with Gasteiger partial charge >= 0.3 is 0 Å². The standard InChI is InChI=1S/C16H21N3O2/c1-11(2)17-8-13-9-19-16(10-18-13)21-14-6-5-12(3)7-15(14)20-4/h5-7,9-11,17H,8H2,1-4H3. The Balaban J connectivity index is 2.06. The van der Waals surface area contributed by atoms with Gasteiger partial charge in [0.05, 0.1) is 25.2 Å². The van der Waals surface area contributed by atoms with Crippen LogP contribution in [0.15, 0.2) is 30.6 Å². The lowest BCUT2D eigenvalue weighted by molar-refractivity contribution is 0.373. The Hall–Kier alpha value is -2.14.